The van der Waals surface area contributed by atoms with Gasteiger partial charge in [-0.2, -0.15) is 0 Å². The van der Waals surface area contributed by atoms with Gasteiger partial charge < -0.3 is 88.8 Å². The summed E-state index contributed by atoms with van der Waals surface area (Å²) in [5.41, 5.74) is 0. The number of quaternary nitrogens is 6. The molecule has 298 valence electrons. The van der Waals surface area contributed by atoms with Crippen LogP contribution in [0.15, 0.2) is 0 Å². The van der Waals surface area contributed by atoms with Gasteiger partial charge in [-0.1, -0.05) is 0 Å². The van der Waals surface area contributed by atoms with Gasteiger partial charge in [0.25, 0.3) is 0 Å². The summed E-state index contributed by atoms with van der Waals surface area (Å²) in [6, 6.07) is 0. The highest BCUT2D eigenvalue weighted by Gasteiger charge is 2.08. The van der Waals surface area contributed by atoms with Crippen LogP contribution >= 0.6 is 0 Å². The largest absolute Gasteiger partial charge is 0.549 e. The van der Waals surface area contributed by atoms with Gasteiger partial charge in [0, 0.05) is 39.3 Å². The summed E-state index contributed by atoms with van der Waals surface area (Å²) in [4.78, 5) is 61.2. The lowest BCUT2D eigenvalue weighted by Gasteiger charge is -2.23. The van der Waals surface area contributed by atoms with E-state index in [0.29, 0.717) is 9.80 Å². The van der Waals surface area contributed by atoms with Crippen molar-refractivity contribution < 1.29 is 88.8 Å². The van der Waals surface area contributed by atoms with Gasteiger partial charge in [-0.15, -0.1) is 0 Å². The molecular weight excluding hydrogens is 664 g/mol. The molecule has 0 radical (unpaired) electrons. The molecule has 0 rings (SSSR count). The Morgan fingerprint density at radius 2 is 0.520 bits per heavy atom. The molecule has 0 aliphatic carbocycles. The van der Waals surface area contributed by atoms with Crippen LogP contribution in [0.3, 0.4) is 0 Å². The maximum absolute atomic E-state index is 9.99. The minimum absolute atomic E-state index is 0.611. The Bertz CT molecular complexity index is 783. The zero-order chi connectivity index (χ0) is 40.7. The summed E-state index contributed by atoms with van der Waals surface area (Å²) in [5, 5.41) is 66.6. The Morgan fingerprint density at radius 1 is 0.380 bits per heavy atom. The molecule has 0 saturated heterocycles. The Hall–Kier alpha value is -3.50. The Kier molecular flexibility index (Phi) is 35.2. The van der Waals surface area contributed by atoms with Crippen LogP contribution in [-0.4, -0.2) is 222 Å². The molecule has 20 nitrogen and oxygen atoms in total. The molecule has 0 unspecified atom stereocenters. The lowest BCUT2D eigenvalue weighted by Crippen LogP contribution is -2.81. The maximum Gasteiger partial charge on any atom is 0.128 e. The molecular formula is C30H66N8O12. The van der Waals surface area contributed by atoms with Crippen molar-refractivity contribution in [3.05, 3.63) is 0 Å². The fraction of sp³-hybridized carbons (Fsp3) is 0.800. The summed E-state index contributed by atoms with van der Waals surface area (Å²) in [5.74, 6) is -9.40. The second-order valence-corrected chi connectivity index (χ2v) is 14.2. The molecule has 0 heterocycles. The number of hydrogen-bond acceptors (Lipinski definition) is 14. The van der Waals surface area contributed by atoms with Crippen molar-refractivity contribution in [3.63, 3.8) is 0 Å². The molecule has 0 bridgehead atoms. The summed E-state index contributed by atoms with van der Waals surface area (Å²) >= 11 is 0. The van der Waals surface area contributed by atoms with Crippen molar-refractivity contribution in [2.75, 3.05) is 163 Å². The zero-order valence-corrected chi connectivity index (χ0v) is 32.4. The smallest absolute Gasteiger partial charge is 0.128 e. The molecule has 0 aromatic heterocycles. The SMILES string of the molecule is C[NH2+]CC[N+](C)(C)C.C[NH2+]CC[N+](C)(C)C.C[NH2+]CC[N+](C)(C)C.O=C([O-])CN(CC(=O)[O-])CC(=O)[O-].O=C([O-])CN(CC(=O)[O-])CC(=O)[O-]. The third kappa shape index (κ3) is 66.8. The van der Waals surface area contributed by atoms with Gasteiger partial charge >= 0.3 is 0 Å². The number of carboxylic acids is 6. The van der Waals surface area contributed by atoms with Crippen LogP contribution in [0.4, 0.5) is 0 Å². The minimum atomic E-state index is -1.57. The molecule has 0 amide bonds. The zero-order valence-electron chi connectivity index (χ0n) is 32.4. The van der Waals surface area contributed by atoms with Crippen LogP contribution in [0.1, 0.15) is 0 Å². The molecule has 50 heavy (non-hydrogen) atoms. The number of aliphatic carboxylic acids is 6. The van der Waals surface area contributed by atoms with Crippen LogP contribution in [0.5, 0.6) is 0 Å². The van der Waals surface area contributed by atoms with Crippen LogP contribution in [0, 0.1) is 0 Å². The van der Waals surface area contributed by atoms with Crippen LogP contribution in [0.2, 0.25) is 0 Å². The Morgan fingerprint density at radius 3 is 0.580 bits per heavy atom. The number of carbonyl (C=O) groups excluding carboxylic acids is 6. The van der Waals surface area contributed by atoms with Gasteiger partial charge in [-0.05, 0) is 0 Å². The van der Waals surface area contributed by atoms with Crippen molar-refractivity contribution in [1.82, 2.24) is 9.80 Å². The predicted octanol–water partition coefficient (Wildman–Crippen LogP) is -14.3. The fourth-order valence-corrected chi connectivity index (χ4v) is 2.98. The highest BCUT2D eigenvalue weighted by molar-refractivity contribution is 5.74. The minimum Gasteiger partial charge on any atom is -0.549 e. The first-order valence-electron chi connectivity index (χ1n) is 15.9. The highest BCUT2D eigenvalue weighted by atomic mass is 16.4. The molecule has 0 aromatic rings. The number of nitrogens with zero attached hydrogens (tertiary/aromatic N) is 5. The van der Waals surface area contributed by atoms with Crippen molar-refractivity contribution in [1.29, 1.82) is 0 Å². The monoisotopic (exact) mass is 730 g/mol. The van der Waals surface area contributed by atoms with E-state index >= 15 is 0 Å². The van der Waals surface area contributed by atoms with E-state index < -0.39 is 75.1 Å². The van der Waals surface area contributed by atoms with E-state index in [9.17, 15) is 59.4 Å². The number of rotatable bonds is 21. The van der Waals surface area contributed by atoms with E-state index in [0.717, 1.165) is 13.4 Å². The molecule has 20 heteroatoms. The summed E-state index contributed by atoms with van der Waals surface area (Å²) in [6.45, 7) is 2.68. The summed E-state index contributed by atoms with van der Waals surface area (Å²) < 4.78 is 3.22. The molecule has 0 saturated carbocycles. The number of likely N-dealkylation sites (N-methyl/N-ethyl adjacent to an activating group) is 6. The van der Waals surface area contributed by atoms with E-state index in [4.69, 9.17) is 0 Å². The number of carboxylic acid groups (broad SMARTS) is 6. The Labute approximate surface area is 297 Å². The lowest BCUT2D eigenvalue weighted by molar-refractivity contribution is -0.883. The number of hydrogen-bond donors (Lipinski definition) is 3. The standard InChI is InChI=1S/3C6H17N2.2C6H9NO6/c3*1-7-5-6-8(2,3)4;2*8-4(9)1-7(2-5(10)11)3-6(12)13/h3*7H,5-6H2,1-4H3;2*1-3H2,(H,8,9)(H,10,11)(H,12,13)/q3*+1;;/p-3. The van der Waals surface area contributed by atoms with Gasteiger partial charge in [0.15, 0.2) is 0 Å². The molecule has 0 atom stereocenters. The van der Waals surface area contributed by atoms with Crippen LogP contribution in [0.25, 0.3) is 0 Å². The van der Waals surface area contributed by atoms with E-state index in [1.165, 1.54) is 39.3 Å². The molecule has 0 spiro atoms. The first-order valence-corrected chi connectivity index (χ1v) is 15.9. The molecule has 0 aromatic carbocycles. The van der Waals surface area contributed by atoms with Crippen molar-refractivity contribution in [3.8, 4) is 0 Å². The van der Waals surface area contributed by atoms with Crippen molar-refractivity contribution in [2.45, 2.75) is 0 Å². The van der Waals surface area contributed by atoms with Crippen LogP contribution in [-0.2, 0) is 28.8 Å². The number of nitrogens with two attached hydrogens (primary N) is 3. The van der Waals surface area contributed by atoms with Gasteiger partial charge in [0.05, 0.1) is 120 Å². The second-order valence-electron chi connectivity index (χ2n) is 14.2. The summed E-state index contributed by atoms with van der Waals surface area (Å²) in [6.07, 6.45) is 0. The third-order valence-electron chi connectivity index (χ3n) is 5.38. The summed E-state index contributed by atoms with van der Waals surface area (Å²) in [7, 11) is 26.2. The highest BCUT2D eigenvalue weighted by Crippen LogP contribution is 1.86. The van der Waals surface area contributed by atoms with Gasteiger partial charge in [-0.3, -0.25) is 9.80 Å². The van der Waals surface area contributed by atoms with E-state index in [-0.39, 0.29) is 0 Å². The fourth-order valence-electron chi connectivity index (χ4n) is 2.98. The third-order valence-corrected chi connectivity index (χ3v) is 5.38. The van der Waals surface area contributed by atoms with Gasteiger partial charge in [-0.25, -0.2) is 0 Å². The van der Waals surface area contributed by atoms with Gasteiger partial charge in [0.2, 0.25) is 0 Å². The van der Waals surface area contributed by atoms with Crippen molar-refractivity contribution >= 4 is 35.8 Å². The first kappa shape index (κ1) is 55.9. The quantitative estimate of drug-likeness (QED) is 0.0925. The van der Waals surface area contributed by atoms with E-state index in [1.807, 2.05) is 0 Å². The molecule has 0 aliphatic heterocycles. The van der Waals surface area contributed by atoms with E-state index in [2.05, 4.69) is 101 Å². The first-order chi connectivity index (χ1) is 22.5. The number of carbonyl (C=O) groups is 6. The van der Waals surface area contributed by atoms with Gasteiger partial charge in [0.1, 0.15) is 39.3 Å². The normalized spacial score (nSPS) is 10.9. The Balaban J connectivity index is -0.000000172. The second kappa shape index (κ2) is 31.5. The molecule has 0 aliphatic rings. The van der Waals surface area contributed by atoms with Crippen molar-refractivity contribution in [2.24, 2.45) is 0 Å². The predicted molar refractivity (Wildman–Crippen MR) is 170 cm³/mol. The molecule has 0 fully saturated rings. The van der Waals surface area contributed by atoms with Crippen LogP contribution < -0.4 is 46.6 Å². The van der Waals surface area contributed by atoms with E-state index in [1.54, 1.807) is 0 Å². The maximum atomic E-state index is 9.99. The molecule has 6 N–H and O–H groups in total. The average Bonchev–Trinajstić information content (AvgIpc) is 2.87. The average molecular weight is 731 g/mol. The lowest BCUT2D eigenvalue weighted by atomic mass is 10.4. The topological polar surface area (TPSA) is 297 Å².